The smallest absolute Gasteiger partial charge is 0.298 e. The average molecular weight is 344 g/mol. The first-order chi connectivity index (χ1) is 11.0. The van der Waals surface area contributed by atoms with Crippen molar-refractivity contribution in [2.24, 2.45) is 0 Å². The Hall–Kier alpha value is -1.79. The summed E-state index contributed by atoms with van der Waals surface area (Å²) in [5.41, 5.74) is 1.11. The van der Waals surface area contributed by atoms with Crippen LogP contribution in [-0.2, 0) is 12.2 Å². The Labute approximate surface area is 141 Å². The second-order valence-corrected chi connectivity index (χ2v) is 9.13. The number of thioether (sulfide) groups is 1. The van der Waals surface area contributed by atoms with E-state index in [0.29, 0.717) is 15.9 Å². The highest BCUT2D eigenvalue weighted by molar-refractivity contribution is 7.99. The van der Waals surface area contributed by atoms with Gasteiger partial charge in [-0.1, -0.05) is 32.0 Å². The molecule has 0 bridgehead atoms. The van der Waals surface area contributed by atoms with E-state index in [1.807, 2.05) is 30.0 Å². The standard InChI is InChI=1S/C17H16N2O2S2/c1-17(2)8-12-11(9-22-17)13-14(23-12)18-16(21)19(15(13)20)10-6-4-3-5-7-10/h3-7H,8-9H2,1-2H3,(H,18,21). The van der Waals surface area contributed by atoms with Gasteiger partial charge in [0.1, 0.15) is 4.83 Å². The van der Waals surface area contributed by atoms with E-state index >= 15 is 0 Å². The molecule has 4 rings (SSSR count). The lowest BCUT2D eigenvalue weighted by Gasteiger charge is -2.28. The van der Waals surface area contributed by atoms with Crippen LogP contribution in [0, 0.1) is 0 Å². The van der Waals surface area contributed by atoms with Gasteiger partial charge in [-0.05, 0) is 24.1 Å². The molecule has 0 unspecified atom stereocenters. The summed E-state index contributed by atoms with van der Waals surface area (Å²) in [6.45, 7) is 4.44. The zero-order valence-corrected chi connectivity index (χ0v) is 14.5. The summed E-state index contributed by atoms with van der Waals surface area (Å²) in [6, 6.07) is 9.07. The fraction of sp³-hybridized carbons (Fsp3) is 0.294. The summed E-state index contributed by atoms with van der Waals surface area (Å²) < 4.78 is 1.41. The molecule has 2 aromatic heterocycles. The molecule has 0 aliphatic carbocycles. The number of hydrogen-bond acceptors (Lipinski definition) is 4. The molecule has 0 saturated heterocycles. The number of benzene rings is 1. The number of fused-ring (bicyclic) bond motifs is 3. The highest BCUT2D eigenvalue weighted by Gasteiger charge is 2.30. The van der Waals surface area contributed by atoms with Crippen LogP contribution < -0.4 is 11.2 Å². The molecule has 1 aliphatic rings. The van der Waals surface area contributed by atoms with Crippen molar-refractivity contribution >= 4 is 33.3 Å². The molecule has 0 amide bonds. The number of nitrogens with zero attached hydrogens (tertiary/aromatic N) is 1. The van der Waals surface area contributed by atoms with Crippen molar-refractivity contribution in [2.45, 2.75) is 30.8 Å². The van der Waals surface area contributed by atoms with Gasteiger partial charge in [0.2, 0.25) is 0 Å². The number of thiophene rings is 1. The Morgan fingerprint density at radius 1 is 1.17 bits per heavy atom. The minimum Gasteiger partial charge on any atom is -0.298 e. The van der Waals surface area contributed by atoms with Crippen LogP contribution in [0.15, 0.2) is 39.9 Å². The van der Waals surface area contributed by atoms with Crippen LogP contribution >= 0.6 is 23.1 Å². The average Bonchev–Trinajstić information content (AvgIpc) is 2.84. The third kappa shape index (κ3) is 2.37. The molecular formula is C17H16N2O2S2. The molecule has 0 spiro atoms. The fourth-order valence-corrected chi connectivity index (χ4v) is 5.71. The fourth-order valence-electron chi connectivity index (χ4n) is 3.00. The largest absolute Gasteiger partial charge is 0.334 e. The molecule has 4 nitrogen and oxygen atoms in total. The zero-order chi connectivity index (χ0) is 16.2. The van der Waals surface area contributed by atoms with Gasteiger partial charge in [0, 0.05) is 15.4 Å². The van der Waals surface area contributed by atoms with Crippen LogP contribution in [0.5, 0.6) is 0 Å². The third-order valence-corrected chi connectivity index (χ3v) is 6.65. The van der Waals surface area contributed by atoms with Crippen LogP contribution in [0.25, 0.3) is 15.9 Å². The van der Waals surface area contributed by atoms with Gasteiger partial charge in [-0.2, -0.15) is 11.8 Å². The van der Waals surface area contributed by atoms with E-state index in [9.17, 15) is 9.59 Å². The van der Waals surface area contributed by atoms with E-state index in [4.69, 9.17) is 0 Å². The van der Waals surface area contributed by atoms with Crippen LogP contribution in [0.4, 0.5) is 0 Å². The van der Waals surface area contributed by atoms with E-state index in [1.54, 1.807) is 23.5 Å². The number of aromatic nitrogens is 2. The molecule has 1 aromatic carbocycles. The van der Waals surface area contributed by atoms with Crippen LogP contribution in [0.2, 0.25) is 0 Å². The number of para-hydroxylation sites is 1. The predicted octanol–water partition coefficient (Wildman–Crippen LogP) is 3.31. The van der Waals surface area contributed by atoms with E-state index in [2.05, 4.69) is 18.8 Å². The maximum absolute atomic E-state index is 13.0. The summed E-state index contributed by atoms with van der Waals surface area (Å²) in [4.78, 5) is 30.2. The molecule has 0 saturated carbocycles. The highest BCUT2D eigenvalue weighted by Crippen LogP contribution is 2.43. The maximum Gasteiger partial charge on any atom is 0.334 e. The summed E-state index contributed by atoms with van der Waals surface area (Å²) >= 11 is 3.42. The van der Waals surface area contributed by atoms with Gasteiger partial charge in [-0.25, -0.2) is 9.36 Å². The lowest BCUT2D eigenvalue weighted by atomic mass is 10.0. The van der Waals surface area contributed by atoms with Crippen molar-refractivity contribution in [1.29, 1.82) is 0 Å². The Balaban J connectivity index is 2.03. The van der Waals surface area contributed by atoms with Gasteiger partial charge >= 0.3 is 5.69 Å². The lowest BCUT2D eigenvalue weighted by Crippen LogP contribution is -2.33. The quantitative estimate of drug-likeness (QED) is 0.737. The Morgan fingerprint density at radius 2 is 1.91 bits per heavy atom. The minimum atomic E-state index is -0.376. The summed E-state index contributed by atoms with van der Waals surface area (Å²) in [5.74, 6) is 0.818. The van der Waals surface area contributed by atoms with Gasteiger partial charge in [0.15, 0.2) is 0 Å². The minimum absolute atomic E-state index is 0.173. The summed E-state index contributed by atoms with van der Waals surface area (Å²) in [7, 11) is 0. The highest BCUT2D eigenvalue weighted by atomic mass is 32.2. The maximum atomic E-state index is 13.0. The SMILES string of the molecule is CC1(C)Cc2sc3[nH]c(=O)n(-c4ccccc4)c(=O)c3c2CS1. The van der Waals surface area contributed by atoms with E-state index in [0.717, 1.165) is 17.7 Å². The molecule has 0 radical (unpaired) electrons. The van der Waals surface area contributed by atoms with E-state index in [-0.39, 0.29) is 16.0 Å². The Morgan fingerprint density at radius 3 is 2.65 bits per heavy atom. The second kappa shape index (κ2) is 5.11. The van der Waals surface area contributed by atoms with Crippen molar-refractivity contribution in [3.63, 3.8) is 0 Å². The van der Waals surface area contributed by atoms with E-state index < -0.39 is 0 Å². The van der Waals surface area contributed by atoms with Gasteiger partial charge in [0.25, 0.3) is 5.56 Å². The topological polar surface area (TPSA) is 54.9 Å². The first-order valence-electron chi connectivity index (χ1n) is 7.45. The number of aromatic amines is 1. The molecule has 23 heavy (non-hydrogen) atoms. The van der Waals surface area contributed by atoms with Gasteiger partial charge in [-0.15, -0.1) is 11.3 Å². The molecule has 3 heterocycles. The van der Waals surface area contributed by atoms with Gasteiger partial charge in [-0.3, -0.25) is 9.78 Å². The van der Waals surface area contributed by atoms with Gasteiger partial charge in [0.05, 0.1) is 11.1 Å². The number of rotatable bonds is 1. The normalized spacial score (nSPS) is 16.4. The molecule has 1 N–H and O–H groups in total. The number of nitrogens with one attached hydrogen (secondary N) is 1. The third-order valence-electron chi connectivity index (χ3n) is 4.14. The first-order valence-corrected chi connectivity index (χ1v) is 9.25. The van der Waals surface area contributed by atoms with Crippen molar-refractivity contribution in [3.05, 3.63) is 61.6 Å². The van der Waals surface area contributed by atoms with Crippen LogP contribution in [-0.4, -0.2) is 14.3 Å². The van der Waals surface area contributed by atoms with Crippen molar-refractivity contribution < 1.29 is 0 Å². The predicted molar refractivity (Wildman–Crippen MR) is 97.1 cm³/mol. The Bertz CT molecular complexity index is 1010. The summed E-state index contributed by atoms with van der Waals surface area (Å²) in [5, 5.41) is 0.677. The molecule has 6 heteroatoms. The van der Waals surface area contributed by atoms with Crippen LogP contribution in [0.1, 0.15) is 24.3 Å². The zero-order valence-electron chi connectivity index (χ0n) is 12.9. The van der Waals surface area contributed by atoms with Crippen molar-refractivity contribution in [2.75, 3.05) is 0 Å². The molecule has 0 fully saturated rings. The van der Waals surface area contributed by atoms with Crippen molar-refractivity contribution in [1.82, 2.24) is 9.55 Å². The lowest BCUT2D eigenvalue weighted by molar-refractivity contribution is 0.703. The molecular weight excluding hydrogens is 328 g/mol. The molecule has 0 atom stereocenters. The number of H-pyrrole nitrogens is 1. The van der Waals surface area contributed by atoms with E-state index in [1.165, 1.54) is 9.44 Å². The molecule has 1 aliphatic heterocycles. The summed E-state index contributed by atoms with van der Waals surface area (Å²) in [6.07, 6.45) is 0.930. The van der Waals surface area contributed by atoms with Crippen LogP contribution in [0.3, 0.4) is 0 Å². The van der Waals surface area contributed by atoms with Crippen molar-refractivity contribution in [3.8, 4) is 5.69 Å². The Kier molecular flexibility index (Phi) is 3.28. The first kappa shape index (κ1) is 14.8. The number of hydrogen-bond donors (Lipinski definition) is 1. The monoisotopic (exact) mass is 344 g/mol. The molecule has 3 aromatic rings. The molecule has 118 valence electrons. The van der Waals surface area contributed by atoms with Gasteiger partial charge < -0.3 is 0 Å². The second-order valence-electron chi connectivity index (χ2n) is 6.34.